The van der Waals surface area contributed by atoms with Gasteiger partial charge in [-0.3, -0.25) is 4.79 Å². The first-order valence-electron chi connectivity index (χ1n) is 8.04. The topological polar surface area (TPSA) is 76.8 Å². The molecular weight excluding hydrogens is 375 g/mol. The number of nitrogens with zero attached hydrogens (tertiary/aromatic N) is 6. The molecule has 1 aromatic carbocycles. The average Bonchev–Trinajstić information content (AvgIpc) is 3.07. The van der Waals surface area contributed by atoms with Gasteiger partial charge in [0.2, 0.25) is 0 Å². The molecule has 26 heavy (non-hydrogen) atoms. The molecule has 0 spiro atoms. The Balaban J connectivity index is 1.66. The molecule has 0 saturated carbocycles. The van der Waals surface area contributed by atoms with Gasteiger partial charge in [-0.2, -0.15) is 4.68 Å². The van der Waals surface area contributed by atoms with Crippen molar-refractivity contribution in [2.45, 2.75) is 19.4 Å². The Morgan fingerprint density at radius 3 is 2.73 bits per heavy atom. The van der Waals surface area contributed by atoms with Gasteiger partial charge < -0.3 is 4.90 Å². The molecule has 1 aliphatic heterocycles. The number of carbonyl (C=O) groups is 1. The molecule has 9 heteroatoms. The van der Waals surface area contributed by atoms with Crippen LogP contribution in [0.5, 0.6) is 0 Å². The van der Waals surface area contributed by atoms with E-state index < -0.39 is 0 Å². The number of rotatable bonds is 2. The van der Waals surface area contributed by atoms with Crippen molar-refractivity contribution in [3.63, 3.8) is 0 Å². The van der Waals surface area contributed by atoms with E-state index in [4.69, 9.17) is 23.2 Å². The van der Waals surface area contributed by atoms with Crippen molar-refractivity contribution < 1.29 is 4.79 Å². The first-order valence-corrected chi connectivity index (χ1v) is 8.79. The largest absolute Gasteiger partial charge is 0.330 e. The minimum Gasteiger partial charge on any atom is -0.330 e. The van der Waals surface area contributed by atoms with E-state index in [9.17, 15) is 4.79 Å². The van der Waals surface area contributed by atoms with Gasteiger partial charge in [-0.15, -0.1) is 5.10 Å². The fourth-order valence-electron chi connectivity index (χ4n) is 3.10. The second-order valence-electron chi connectivity index (χ2n) is 5.93. The van der Waals surface area contributed by atoms with E-state index in [1.807, 2.05) is 6.92 Å². The molecule has 0 saturated heterocycles. The zero-order valence-electron chi connectivity index (χ0n) is 13.8. The van der Waals surface area contributed by atoms with Gasteiger partial charge in [0, 0.05) is 30.4 Å². The van der Waals surface area contributed by atoms with Crippen LogP contribution in [0, 0.1) is 0 Å². The van der Waals surface area contributed by atoms with E-state index in [-0.39, 0.29) is 11.9 Å². The minimum atomic E-state index is -0.240. The van der Waals surface area contributed by atoms with Crippen molar-refractivity contribution in [3.05, 3.63) is 63.7 Å². The Kier molecular flexibility index (Phi) is 4.34. The van der Waals surface area contributed by atoms with Crippen molar-refractivity contribution in [3.8, 4) is 5.95 Å². The van der Waals surface area contributed by atoms with Crippen molar-refractivity contribution in [1.29, 1.82) is 0 Å². The lowest BCUT2D eigenvalue weighted by Gasteiger charge is -2.32. The number of aromatic nitrogens is 5. The summed E-state index contributed by atoms with van der Waals surface area (Å²) in [5.74, 6) is 0.310. The Bertz CT molecular complexity index is 975. The zero-order valence-corrected chi connectivity index (χ0v) is 15.3. The summed E-state index contributed by atoms with van der Waals surface area (Å²) in [7, 11) is 0. The lowest BCUT2D eigenvalue weighted by Crippen LogP contribution is -2.39. The van der Waals surface area contributed by atoms with Crippen molar-refractivity contribution >= 4 is 29.1 Å². The maximum atomic E-state index is 12.9. The number of carbonyl (C=O) groups excluding carboxylic acids is 1. The third-order valence-electron chi connectivity index (χ3n) is 4.41. The molecular formula is C17H14Cl2N6O. The fourth-order valence-corrected chi connectivity index (χ4v) is 3.59. The number of halogens is 2. The average molecular weight is 389 g/mol. The molecule has 3 heterocycles. The second kappa shape index (κ2) is 6.66. The molecule has 0 fully saturated rings. The third-order valence-corrected chi connectivity index (χ3v) is 4.96. The first-order chi connectivity index (χ1) is 12.6. The summed E-state index contributed by atoms with van der Waals surface area (Å²) in [4.78, 5) is 23.1. The predicted octanol–water partition coefficient (Wildman–Crippen LogP) is 3.12. The summed E-state index contributed by atoms with van der Waals surface area (Å²) in [6.07, 6.45) is 3.91. The summed E-state index contributed by atoms with van der Waals surface area (Å²) in [5, 5.41) is 9.26. The van der Waals surface area contributed by atoms with E-state index in [0.717, 1.165) is 11.4 Å². The standard InChI is InChI=1S/C17H14Cl2N6O/c1-10-15-14(25(23-22-15)17-20-6-2-7-21-17)5-8-24(10)16(26)12-4-3-11(18)9-13(12)19/h2-4,6-7,9-10H,5,8H2,1H3. The Morgan fingerprint density at radius 2 is 2.00 bits per heavy atom. The van der Waals surface area contributed by atoms with Gasteiger partial charge in [0.25, 0.3) is 11.9 Å². The molecule has 0 aliphatic carbocycles. The summed E-state index contributed by atoms with van der Waals surface area (Å²) < 4.78 is 1.63. The number of hydrogen-bond donors (Lipinski definition) is 0. The van der Waals surface area contributed by atoms with Gasteiger partial charge in [-0.05, 0) is 31.2 Å². The van der Waals surface area contributed by atoms with Crippen LogP contribution in [-0.2, 0) is 6.42 Å². The molecule has 7 nitrogen and oxygen atoms in total. The molecule has 132 valence electrons. The maximum Gasteiger partial charge on any atom is 0.255 e. The van der Waals surface area contributed by atoms with Crippen LogP contribution in [0.2, 0.25) is 10.0 Å². The highest BCUT2D eigenvalue weighted by molar-refractivity contribution is 6.36. The van der Waals surface area contributed by atoms with Gasteiger partial charge in [-0.25, -0.2) is 9.97 Å². The number of benzene rings is 1. The highest BCUT2D eigenvalue weighted by Crippen LogP contribution is 2.31. The third kappa shape index (κ3) is 2.83. The second-order valence-corrected chi connectivity index (χ2v) is 6.77. The summed E-state index contributed by atoms with van der Waals surface area (Å²) in [6, 6.07) is 6.37. The fraction of sp³-hybridized carbons (Fsp3) is 0.235. The SMILES string of the molecule is CC1c2nnn(-c3ncccn3)c2CCN1C(=O)c1ccc(Cl)cc1Cl. The summed E-state index contributed by atoms with van der Waals surface area (Å²) in [6.45, 7) is 2.44. The van der Waals surface area contributed by atoms with Crippen LogP contribution in [0.4, 0.5) is 0 Å². The highest BCUT2D eigenvalue weighted by atomic mass is 35.5. The molecule has 0 N–H and O–H groups in total. The molecule has 1 amide bonds. The van der Waals surface area contributed by atoms with Gasteiger partial charge in [0.05, 0.1) is 22.3 Å². The molecule has 3 aromatic rings. The lowest BCUT2D eigenvalue weighted by atomic mass is 10.0. The predicted molar refractivity (Wildman–Crippen MR) is 96.6 cm³/mol. The smallest absolute Gasteiger partial charge is 0.255 e. The number of fused-ring (bicyclic) bond motifs is 1. The molecule has 0 bridgehead atoms. The Hall–Kier alpha value is -2.51. The Morgan fingerprint density at radius 1 is 1.23 bits per heavy atom. The maximum absolute atomic E-state index is 12.9. The molecule has 2 aromatic heterocycles. The Labute approximate surface area is 159 Å². The number of hydrogen-bond acceptors (Lipinski definition) is 5. The molecule has 1 aliphatic rings. The first kappa shape index (κ1) is 16.9. The van der Waals surface area contributed by atoms with Gasteiger partial charge in [-0.1, -0.05) is 28.4 Å². The van der Waals surface area contributed by atoms with Crippen molar-refractivity contribution in [1.82, 2.24) is 29.9 Å². The van der Waals surface area contributed by atoms with Crippen molar-refractivity contribution in [2.24, 2.45) is 0 Å². The van der Waals surface area contributed by atoms with Crippen LogP contribution in [0.3, 0.4) is 0 Å². The van der Waals surface area contributed by atoms with Gasteiger partial charge in [0.1, 0.15) is 5.69 Å². The normalized spacial score (nSPS) is 16.4. The molecule has 1 atom stereocenters. The lowest BCUT2D eigenvalue weighted by molar-refractivity contribution is 0.0672. The van der Waals surface area contributed by atoms with E-state index in [1.54, 1.807) is 46.2 Å². The zero-order chi connectivity index (χ0) is 18.3. The summed E-state index contributed by atoms with van der Waals surface area (Å²) >= 11 is 12.1. The van der Waals surface area contributed by atoms with Crippen LogP contribution in [0.15, 0.2) is 36.7 Å². The van der Waals surface area contributed by atoms with Gasteiger partial charge >= 0.3 is 0 Å². The van der Waals surface area contributed by atoms with E-state index in [2.05, 4.69) is 20.3 Å². The number of amides is 1. The van der Waals surface area contributed by atoms with Crippen LogP contribution >= 0.6 is 23.2 Å². The van der Waals surface area contributed by atoms with Crippen LogP contribution in [0.25, 0.3) is 5.95 Å². The van der Waals surface area contributed by atoms with Crippen LogP contribution in [0.1, 0.15) is 34.7 Å². The monoisotopic (exact) mass is 388 g/mol. The molecule has 0 radical (unpaired) electrons. The van der Waals surface area contributed by atoms with Crippen LogP contribution in [-0.4, -0.2) is 42.3 Å². The van der Waals surface area contributed by atoms with Crippen LogP contribution < -0.4 is 0 Å². The molecule has 4 rings (SSSR count). The summed E-state index contributed by atoms with van der Waals surface area (Å²) in [5.41, 5.74) is 2.07. The quantitative estimate of drug-likeness (QED) is 0.673. The van der Waals surface area contributed by atoms with E-state index in [1.165, 1.54) is 0 Å². The minimum absolute atomic E-state index is 0.157. The highest BCUT2D eigenvalue weighted by Gasteiger charge is 2.33. The molecule has 1 unspecified atom stereocenters. The van der Waals surface area contributed by atoms with Gasteiger partial charge in [0.15, 0.2) is 0 Å². The van der Waals surface area contributed by atoms with E-state index in [0.29, 0.717) is 34.5 Å². The van der Waals surface area contributed by atoms with Crippen molar-refractivity contribution in [2.75, 3.05) is 6.54 Å². The van der Waals surface area contributed by atoms with E-state index >= 15 is 0 Å².